The molecule has 0 saturated carbocycles. The fourth-order valence-corrected chi connectivity index (χ4v) is 3.21. The number of aromatic amines is 1. The maximum absolute atomic E-state index is 12.5. The molecule has 0 bridgehead atoms. The van der Waals surface area contributed by atoms with Gasteiger partial charge in [0.05, 0.1) is 0 Å². The summed E-state index contributed by atoms with van der Waals surface area (Å²) in [6, 6.07) is 4.28. The van der Waals surface area contributed by atoms with Gasteiger partial charge in [-0.2, -0.15) is 4.31 Å². The zero-order valence-corrected chi connectivity index (χ0v) is 12.0. The molecule has 2 rings (SSSR count). The molecule has 0 saturated heterocycles. The Morgan fingerprint density at radius 2 is 1.90 bits per heavy atom. The predicted octanol–water partition coefficient (Wildman–Crippen LogP) is 1.15. The molecule has 2 aromatic rings. The van der Waals surface area contributed by atoms with Gasteiger partial charge in [-0.3, -0.25) is 9.78 Å². The van der Waals surface area contributed by atoms with Gasteiger partial charge >= 0.3 is 0 Å². The minimum atomic E-state index is -3.85. The molecule has 20 heavy (non-hydrogen) atoms. The average Bonchev–Trinajstić information content (AvgIpc) is 2.47. The second kappa shape index (κ2) is 5.56. The number of rotatable bonds is 4. The lowest BCUT2D eigenvalue weighted by Gasteiger charge is -2.24. The van der Waals surface area contributed by atoms with E-state index in [0.29, 0.717) is 0 Å². The quantitative estimate of drug-likeness (QED) is 0.916. The molecule has 6 nitrogen and oxygen atoms in total. The smallest absolute Gasteiger partial charge is 0.248 e. The summed E-state index contributed by atoms with van der Waals surface area (Å²) in [5.74, 6) is 0. The largest absolute Gasteiger partial charge is 0.366 e. The van der Waals surface area contributed by atoms with Gasteiger partial charge in [0.25, 0.3) is 0 Å². The molecule has 0 aliphatic rings. The number of hydrogen-bond acceptors (Lipinski definition) is 4. The van der Waals surface area contributed by atoms with Crippen LogP contribution in [0.25, 0.3) is 0 Å². The van der Waals surface area contributed by atoms with Gasteiger partial charge in [-0.15, -0.1) is 0 Å². The monoisotopic (exact) mass is 293 g/mol. The number of nitrogens with zero attached hydrogens (tertiary/aromatic N) is 2. The Hall–Kier alpha value is -1.99. The summed E-state index contributed by atoms with van der Waals surface area (Å²) in [5, 5.41) is 0. The molecule has 0 spiro atoms. The van der Waals surface area contributed by atoms with Crippen LogP contribution in [0.15, 0.2) is 52.7 Å². The molecule has 0 radical (unpaired) electrons. The van der Waals surface area contributed by atoms with Gasteiger partial charge in [0.1, 0.15) is 4.90 Å². The molecule has 2 heterocycles. The van der Waals surface area contributed by atoms with E-state index in [1.165, 1.54) is 29.8 Å². The van der Waals surface area contributed by atoms with Crippen molar-refractivity contribution in [2.45, 2.75) is 17.9 Å². The minimum absolute atomic E-state index is 0.261. The van der Waals surface area contributed by atoms with Crippen molar-refractivity contribution in [3.05, 3.63) is 58.8 Å². The molecule has 106 valence electrons. The second-order valence-electron chi connectivity index (χ2n) is 4.35. The molecule has 0 amide bonds. The summed E-state index contributed by atoms with van der Waals surface area (Å²) in [6.07, 6.45) is 5.80. The Kier molecular flexibility index (Phi) is 4.01. The summed E-state index contributed by atoms with van der Waals surface area (Å²) >= 11 is 0. The van der Waals surface area contributed by atoms with E-state index >= 15 is 0 Å². The van der Waals surface area contributed by atoms with E-state index in [4.69, 9.17) is 0 Å². The standard InChI is InChI=1S/C13H15N3O3S/c1-10(11-3-6-14-7-4-11)16(2)20(18,19)13-9-15-8-5-12(13)17/h3-10H,1-2H3,(H,15,17). The second-order valence-corrected chi connectivity index (χ2v) is 6.32. The first-order chi connectivity index (χ1) is 9.44. The Labute approximate surface area is 117 Å². The third kappa shape index (κ3) is 2.63. The number of hydrogen-bond donors (Lipinski definition) is 1. The van der Waals surface area contributed by atoms with Crippen molar-refractivity contribution in [3.63, 3.8) is 0 Å². The third-order valence-electron chi connectivity index (χ3n) is 3.18. The first-order valence-corrected chi connectivity index (χ1v) is 7.43. The van der Waals surface area contributed by atoms with Crippen molar-refractivity contribution in [2.75, 3.05) is 7.05 Å². The SMILES string of the molecule is CC(c1ccncc1)N(C)S(=O)(=O)c1c[nH]ccc1=O. The van der Waals surface area contributed by atoms with Crippen LogP contribution in [0.1, 0.15) is 18.5 Å². The number of sulfonamides is 1. The van der Waals surface area contributed by atoms with E-state index in [9.17, 15) is 13.2 Å². The van der Waals surface area contributed by atoms with Crippen molar-refractivity contribution < 1.29 is 8.42 Å². The van der Waals surface area contributed by atoms with Crippen molar-refractivity contribution in [2.24, 2.45) is 0 Å². The summed E-state index contributed by atoms with van der Waals surface area (Å²) in [5.41, 5.74) is 0.274. The van der Waals surface area contributed by atoms with E-state index in [-0.39, 0.29) is 4.90 Å². The Morgan fingerprint density at radius 1 is 1.25 bits per heavy atom. The van der Waals surface area contributed by atoms with Crippen molar-refractivity contribution >= 4 is 10.0 Å². The van der Waals surface area contributed by atoms with Crippen molar-refractivity contribution in [1.82, 2.24) is 14.3 Å². The summed E-state index contributed by atoms with van der Waals surface area (Å²) in [7, 11) is -2.40. The molecular formula is C13H15N3O3S. The molecule has 1 N–H and O–H groups in total. The molecule has 1 unspecified atom stereocenters. The van der Waals surface area contributed by atoms with E-state index in [0.717, 1.165) is 5.56 Å². The maximum Gasteiger partial charge on any atom is 0.248 e. The molecule has 0 aromatic carbocycles. The lowest BCUT2D eigenvalue weighted by atomic mass is 10.1. The van der Waals surface area contributed by atoms with Gasteiger partial charge < -0.3 is 4.98 Å². The fourth-order valence-electron chi connectivity index (χ4n) is 1.82. The lowest BCUT2D eigenvalue weighted by Crippen LogP contribution is -2.32. The third-order valence-corrected chi connectivity index (χ3v) is 5.13. The van der Waals surface area contributed by atoms with Crippen LogP contribution < -0.4 is 5.43 Å². The molecule has 2 aromatic heterocycles. The van der Waals surface area contributed by atoms with Crippen LogP contribution in [0.4, 0.5) is 0 Å². The highest BCUT2D eigenvalue weighted by Gasteiger charge is 2.28. The first-order valence-electron chi connectivity index (χ1n) is 5.99. The topological polar surface area (TPSA) is 83.1 Å². The molecular weight excluding hydrogens is 278 g/mol. The predicted molar refractivity (Wildman–Crippen MR) is 74.7 cm³/mol. The number of aromatic nitrogens is 2. The Balaban J connectivity index is 2.40. The normalized spacial score (nSPS) is 13.3. The molecule has 0 fully saturated rings. The van der Waals surface area contributed by atoms with Gasteiger partial charge in [0.2, 0.25) is 15.5 Å². The number of nitrogens with one attached hydrogen (secondary N) is 1. The van der Waals surface area contributed by atoms with E-state index < -0.39 is 21.5 Å². The van der Waals surface area contributed by atoms with Crippen LogP contribution in [0.2, 0.25) is 0 Å². The number of pyridine rings is 2. The highest BCUT2D eigenvalue weighted by molar-refractivity contribution is 7.89. The van der Waals surface area contributed by atoms with E-state index in [1.807, 2.05) is 0 Å². The van der Waals surface area contributed by atoms with Crippen LogP contribution in [0.3, 0.4) is 0 Å². The van der Waals surface area contributed by atoms with Crippen LogP contribution in [-0.4, -0.2) is 29.7 Å². The van der Waals surface area contributed by atoms with E-state index in [1.54, 1.807) is 31.5 Å². The molecule has 0 aliphatic heterocycles. The highest BCUT2D eigenvalue weighted by Crippen LogP contribution is 2.23. The van der Waals surface area contributed by atoms with Crippen LogP contribution >= 0.6 is 0 Å². The molecule has 1 atom stereocenters. The average molecular weight is 293 g/mol. The zero-order valence-electron chi connectivity index (χ0n) is 11.1. The Morgan fingerprint density at radius 3 is 2.50 bits per heavy atom. The van der Waals surface area contributed by atoms with Gasteiger partial charge in [-0.25, -0.2) is 8.42 Å². The summed E-state index contributed by atoms with van der Waals surface area (Å²) < 4.78 is 26.1. The van der Waals surface area contributed by atoms with Crippen molar-refractivity contribution in [3.8, 4) is 0 Å². The molecule has 7 heteroatoms. The summed E-state index contributed by atoms with van der Waals surface area (Å²) in [6.45, 7) is 1.75. The number of H-pyrrole nitrogens is 1. The maximum atomic E-state index is 12.5. The first kappa shape index (κ1) is 14.4. The van der Waals surface area contributed by atoms with Gasteiger partial charge in [-0.1, -0.05) is 0 Å². The molecule has 0 aliphatic carbocycles. The van der Waals surface area contributed by atoms with Gasteiger partial charge in [0, 0.05) is 43.9 Å². The lowest BCUT2D eigenvalue weighted by molar-refractivity contribution is 0.397. The van der Waals surface area contributed by atoms with Gasteiger partial charge in [0.15, 0.2) is 0 Å². The van der Waals surface area contributed by atoms with Crippen molar-refractivity contribution in [1.29, 1.82) is 0 Å². The van der Waals surface area contributed by atoms with Gasteiger partial charge in [-0.05, 0) is 24.6 Å². The highest BCUT2D eigenvalue weighted by atomic mass is 32.2. The van der Waals surface area contributed by atoms with Crippen LogP contribution in [-0.2, 0) is 10.0 Å². The van der Waals surface area contributed by atoms with E-state index in [2.05, 4.69) is 9.97 Å². The van der Waals surface area contributed by atoms with Crippen LogP contribution in [0, 0.1) is 0 Å². The van der Waals surface area contributed by atoms with Crippen LogP contribution in [0.5, 0.6) is 0 Å². The zero-order chi connectivity index (χ0) is 14.8. The fraction of sp³-hybridized carbons (Fsp3) is 0.231. The Bertz CT molecular complexity index is 741. The minimum Gasteiger partial charge on any atom is -0.366 e. The summed E-state index contributed by atoms with van der Waals surface area (Å²) in [4.78, 5) is 18.0.